The number of nitrogens with one attached hydrogen (secondary N) is 1. The van der Waals surface area contributed by atoms with E-state index in [-0.39, 0.29) is 0 Å². The van der Waals surface area contributed by atoms with Crippen LogP contribution in [0.3, 0.4) is 0 Å². The number of aryl methyl sites for hydroxylation is 1. The van der Waals surface area contributed by atoms with Crippen molar-refractivity contribution in [3.05, 3.63) is 82.8 Å². The van der Waals surface area contributed by atoms with Crippen LogP contribution < -0.4 is 10.1 Å². The summed E-state index contributed by atoms with van der Waals surface area (Å²) < 4.78 is 12.6. The first-order valence-electron chi connectivity index (χ1n) is 9.31. The van der Waals surface area contributed by atoms with Crippen LogP contribution in [0.1, 0.15) is 29.7 Å². The Morgan fingerprint density at radius 1 is 1.14 bits per heavy atom. The standard InChI is InChI=1S/C22H22N4O3/c1-14-6-4-5-7-17(14)12-29-18-10-8-16(9-11-18)20-19(21(27)28-3)15(2)25-22-23-13-24-26(20)22/h4-11,13,20H,12H2,1-3H3,(H,23,24,25)/t20-/m0/s1. The minimum Gasteiger partial charge on any atom is -0.489 e. The third kappa shape index (κ3) is 3.59. The van der Waals surface area contributed by atoms with Gasteiger partial charge in [0.2, 0.25) is 5.95 Å². The lowest BCUT2D eigenvalue weighted by Crippen LogP contribution is -2.29. The molecule has 2 aromatic carbocycles. The molecule has 0 saturated carbocycles. The Balaban J connectivity index is 1.60. The van der Waals surface area contributed by atoms with E-state index < -0.39 is 12.0 Å². The molecule has 1 aliphatic rings. The summed E-state index contributed by atoms with van der Waals surface area (Å²) in [6.07, 6.45) is 1.46. The Labute approximate surface area is 169 Å². The summed E-state index contributed by atoms with van der Waals surface area (Å²) in [5, 5.41) is 7.40. The summed E-state index contributed by atoms with van der Waals surface area (Å²) in [6, 6.07) is 15.4. The number of rotatable bonds is 5. The number of aromatic nitrogens is 3. The van der Waals surface area contributed by atoms with Crippen molar-refractivity contribution in [2.75, 3.05) is 12.4 Å². The van der Waals surface area contributed by atoms with Gasteiger partial charge < -0.3 is 14.8 Å². The second-order valence-electron chi connectivity index (χ2n) is 6.87. The average molecular weight is 390 g/mol. The van der Waals surface area contributed by atoms with Gasteiger partial charge in [-0.1, -0.05) is 36.4 Å². The molecule has 0 radical (unpaired) electrons. The summed E-state index contributed by atoms with van der Waals surface area (Å²) in [4.78, 5) is 16.7. The van der Waals surface area contributed by atoms with E-state index in [0.29, 0.717) is 23.8 Å². The SMILES string of the molecule is COC(=O)C1=C(C)Nc2ncnn2[C@H]1c1ccc(OCc2ccccc2C)cc1. The van der Waals surface area contributed by atoms with Crippen molar-refractivity contribution in [1.29, 1.82) is 0 Å². The average Bonchev–Trinajstić information content (AvgIpc) is 3.20. The number of allylic oxidation sites excluding steroid dienone is 1. The molecular weight excluding hydrogens is 368 g/mol. The van der Waals surface area contributed by atoms with Crippen LogP contribution in [0.4, 0.5) is 5.95 Å². The Morgan fingerprint density at radius 3 is 2.62 bits per heavy atom. The van der Waals surface area contributed by atoms with Crippen LogP contribution in [0.5, 0.6) is 5.75 Å². The Kier molecular flexibility index (Phi) is 5.03. The molecule has 1 aliphatic heterocycles. The van der Waals surface area contributed by atoms with Gasteiger partial charge in [0.1, 0.15) is 24.7 Å². The number of benzene rings is 2. The van der Waals surface area contributed by atoms with E-state index in [2.05, 4.69) is 34.5 Å². The molecule has 1 aromatic heterocycles. The molecule has 0 spiro atoms. The third-order valence-electron chi connectivity index (χ3n) is 5.05. The second-order valence-corrected chi connectivity index (χ2v) is 6.87. The molecule has 0 unspecified atom stereocenters. The van der Waals surface area contributed by atoms with Crippen LogP contribution in [0.15, 0.2) is 66.1 Å². The number of fused-ring (bicyclic) bond motifs is 1. The van der Waals surface area contributed by atoms with Gasteiger partial charge in [-0.3, -0.25) is 0 Å². The van der Waals surface area contributed by atoms with Crippen molar-refractivity contribution >= 4 is 11.9 Å². The fourth-order valence-electron chi connectivity index (χ4n) is 3.45. The molecule has 7 heteroatoms. The molecule has 0 fully saturated rings. The molecule has 0 amide bonds. The van der Waals surface area contributed by atoms with E-state index in [4.69, 9.17) is 9.47 Å². The molecule has 3 aromatic rings. The van der Waals surface area contributed by atoms with E-state index in [0.717, 1.165) is 16.9 Å². The van der Waals surface area contributed by atoms with Crippen molar-refractivity contribution in [1.82, 2.24) is 14.8 Å². The quantitative estimate of drug-likeness (QED) is 0.671. The monoisotopic (exact) mass is 390 g/mol. The predicted molar refractivity (Wildman–Crippen MR) is 108 cm³/mol. The smallest absolute Gasteiger partial charge is 0.338 e. The highest BCUT2D eigenvalue weighted by molar-refractivity contribution is 5.92. The van der Waals surface area contributed by atoms with Gasteiger partial charge in [-0.15, -0.1) is 0 Å². The zero-order valence-electron chi connectivity index (χ0n) is 16.5. The van der Waals surface area contributed by atoms with Crippen LogP contribution in [-0.4, -0.2) is 27.8 Å². The maximum absolute atomic E-state index is 12.4. The highest BCUT2D eigenvalue weighted by atomic mass is 16.5. The summed E-state index contributed by atoms with van der Waals surface area (Å²) in [6.45, 7) is 4.40. The highest BCUT2D eigenvalue weighted by Crippen LogP contribution is 2.35. The van der Waals surface area contributed by atoms with Crippen LogP contribution in [0, 0.1) is 6.92 Å². The Morgan fingerprint density at radius 2 is 1.90 bits per heavy atom. The van der Waals surface area contributed by atoms with Gasteiger partial charge in [0.15, 0.2) is 0 Å². The fraction of sp³-hybridized carbons (Fsp3) is 0.227. The lowest BCUT2D eigenvalue weighted by molar-refractivity contribution is -0.136. The number of methoxy groups -OCH3 is 1. The minimum absolute atomic E-state index is 0.402. The number of ether oxygens (including phenoxy) is 2. The Hall–Kier alpha value is -3.61. The number of hydrogen-bond donors (Lipinski definition) is 1. The summed E-state index contributed by atoms with van der Waals surface area (Å²) in [5.41, 5.74) is 4.43. The van der Waals surface area contributed by atoms with Gasteiger partial charge in [-0.25, -0.2) is 9.48 Å². The van der Waals surface area contributed by atoms with E-state index in [1.54, 1.807) is 4.68 Å². The van der Waals surface area contributed by atoms with Crippen molar-refractivity contribution in [2.24, 2.45) is 0 Å². The molecule has 0 aliphatic carbocycles. The molecule has 1 atom stereocenters. The number of carbonyl (C=O) groups is 1. The van der Waals surface area contributed by atoms with E-state index >= 15 is 0 Å². The van der Waals surface area contributed by atoms with Crippen LogP contribution in [0.2, 0.25) is 0 Å². The molecule has 0 bridgehead atoms. The summed E-state index contributed by atoms with van der Waals surface area (Å²) >= 11 is 0. The van der Waals surface area contributed by atoms with E-state index in [1.807, 2.05) is 43.3 Å². The maximum Gasteiger partial charge on any atom is 0.338 e. The van der Waals surface area contributed by atoms with E-state index in [9.17, 15) is 4.79 Å². The molecule has 0 saturated heterocycles. The van der Waals surface area contributed by atoms with Gasteiger partial charge in [0, 0.05) is 5.70 Å². The van der Waals surface area contributed by atoms with Crippen LogP contribution in [-0.2, 0) is 16.1 Å². The van der Waals surface area contributed by atoms with Crippen LogP contribution in [0.25, 0.3) is 0 Å². The molecule has 4 rings (SSSR count). The lowest BCUT2D eigenvalue weighted by atomic mass is 9.96. The molecule has 29 heavy (non-hydrogen) atoms. The zero-order valence-corrected chi connectivity index (χ0v) is 16.5. The largest absolute Gasteiger partial charge is 0.489 e. The summed E-state index contributed by atoms with van der Waals surface area (Å²) in [7, 11) is 1.37. The minimum atomic E-state index is -0.424. The molecule has 7 nitrogen and oxygen atoms in total. The first-order chi connectivity index (χ1) is 14.1. The number of anilines is 1. The maximum atomic E-state index is 12.4. The number of esters is 1. The zero-order chi connectivity index (χ0) is 20.4. The highest BCUT2D eigenvalue weighted by Gasteiger charge is 2.33. The molecule has 1 N–H and O–H groups in total. The van der Waals surface area contributed by atoms with Crippen molar-refractivity contribution in [3.8, 4) is 5.75 Å². The van der Waals surface area contributed by atoms with Crippen molar-refractivity contribution in [3.63, 3.8) is 0 Å². The number of hydrogen-bond acceptors (Lipinski definition) is 6. The van der Waals surface area contributed by atoms with Gasteiger partial charge in [0.05, 0.1) is 12.7 Å². The fourth-order valence-corrected chi connectivity index (χ4v) is 3.45. The van der Waals surface area contributed by atoms with Crippen molar-refractivity contribution in [2.45, 2.75) is 26.5 Å². The van der Waals surface area contributed by atoms with Gasteiger partial charge in [0.25, 0.3) is 0 Å². The predicted octanol–water partition coefficient (Wildman–Crippen LogP) is 3.63. The lowest BCUT2D eigenvalue weighted by Gasteiger charge is -2.28. The molecule has 2 heterocycles. The Bertz CT molecular complexity index is 1070. The second kappa shape index (κ2) is 7.79. The molecule has 148 valence electrons. The topological polar surface area (TPSA) is 78.3 Å². The van der Waals surface area contributed by atoms with Crippen LogP contribution >= 0.6 is 0 Å². The van der Waals surface area contributed by atoms with Crippen molar-refractivity contribution < 1.29 is 14.3 Å². The summed E-state index contributed by atoms with van der Waals surface area (Å²) in [5.74, 6) is 0.936. The van der Waals surface area contributed by atoms with E-state index in [1.165, 1.54) is 19.0 Å². The van der Waals surface area contributed by atoms with Gasteiger partial charge in [-0.05, 0) is 42.7 Å². The molecular formula is C22H22N4O3. The number of carbonyl (C=O) groups excluding carboxylic acids is 1. The number of nitrogens with zero attached hydrogens (tertiary/aromatic N) is 3. The first-order valence-corrected chi connectivity index (χ1v) is 9.31. The van der Waals surface area contributed by atoms with Gasteiger partial charge in [-0.2, -0.15) is 10.1 Å². The first kappa shape index (κ1) is 18.7. The normalized spacial score (nSPS) is 15.5. The third-order valence-corrected chi connectivity index (χ3v) is 5.05. The van der Waals surface area contributed by atoms with Gasteiger partial charge >= 0.3 is 5.97 Å².